The molecule has 0 aliphatic carbocycles. The van der Waals surface area contributed by atoms with Crippen molar-refractivity contribution in [3.63, 3.8) is 0 Å². The van der Waals surface area contributed by atoms with Gasteiger partial charge in [0.1, 0.15) is 11.5 Å². The molecule has 2 heterocycles. The van der Waals surface area contributed by atoms with E-state index >= 15 is 0 Å². The SMILES string of the molecule is CCN1CC(c2cc(CN)no2)=C(c2cc(C(C)C)c(O)cc2O)O1. The van der Waals surface area contributed by atoms with E-state index in [9.17, 15) is 10.2 Å². The van der Waals surface area contributed by atoms with Crippen LogP contribution in [0.15, 0.2) is 22.7 Å². The number of hydroxylamine groups is 2. The molecule has 4 N–H and O–H groups in total. The molecule has 0 spiro atoms. The van der Waals surface area contributed by atoms with E-state index in [1.165, 1.54) is 6.07 Å². The van der Waals surface area contributed by atoms with Crippen molar-refractivity contribution in [2.24, 2.45) is 5.73 Å². The van der Waals surface area contributed by atoms with Gasteiger partial charge in [0.25, 0.3) is 0 Å². The zero-order valence-electron chi connectivity index (χ0n) is 14.6. The normalized spacial score (nSPS) is 15.2. The van der Waals surface area contributed by atoms with Crippen molar-refractivity contribution in [2.45, 2.75) is 33.2 Å². The Morgan fingerprint density at radius 2 is 2.00 bits per heavy atom. The Hall–Kier alpha value is -2.51. The molecule has 0 saturated carbocycles. The fourth-order valence-electron chi connectivity index (χ4n) is 2.83. The van der Waals surface area contributed by atoms with Gasteiger partial charge in [-0.05, 0) is 24.5 Å². The molecule has 0 radical (unpaired) electrons. The first-order valence-corrected chi connectivity index (χ1v) is 8.32. The van der Waals surface area contributed by atoms with Crippen molar-refractivity contribution in [1.82, 2.24) is 10.2 Å². The summed E-state index contributed by atoms with van der Waals surface area (Å²) >= 11 is 0. The number of aromatic hydroxyl groups is 2. The molecular formula is C18H23N3O4. The van der Waals surface area contributed by atoms with Crippen molar-refractivity contribution in [2.75, 3.05) is 13.1 Å². The molecule has 3 rings (SSSR count). The molecule has 7 heteroatoms. The Labute approximate surface area is 146 Å². The van der Waals surface area contributed by atoms with Crippen molar-refractivity contribution in [3.8, 4) is 11.5 Å². The number of phenolic OH excluding ortho intramolecular Hbond substituents is 2. The summed E-state index contributed by atoms with van der Waals surface area (Å²) in [7, 11) is 0. The second kappa shape index (κ2) is 6.78. The van der Waals surface area contributed by atoms with Crippen molar-refractivity contribution < 1.29 is 19.6 Å². The summed E-state index contributed by atoms with van der Waals surface area (Å²) in [6.45, 7) is 7.38. The zero-order chi connectivity index (χ0) is 18.1. The Bertz CT molecular complexity index is 811. The maximum atomic E-state index is 10.4. The molecule has 1 aliphatic heterocycles. The first-order valence-electron chi connectivity index (χ1n) is 8.32. The summed E-state index contributed by atoms with van der Waals surface area (Å²) in [5.41, 5.74) is 8.28. The Morgan fingerprint density at radius 3 is 2.60 bits per heavy atom. The van der Waals surface area contributed by atoms with Gasteiger partial charge in [0.2, 0.25) is 0 Å². The molecule has 2 aromatic rings. The average molecular weight is 345 g/mol. The molecule has 1 aromatic heterocycles. The van der Waals surface area contributed by atoms with Crippen LogP contribution in [0.3, 0.4) is 0 Å². The summed E-state index contributed by atoms with van der Waals surface area (Å²) < 4.78 is 5.40. The molecule has 0 bridgehead atoms. The van der Waals surface area contributed by atoms with Gasteiger partial charge in [-0.15, -0.1) is 5.06 Å². The Kier molecular flexibility index (Phi) is 4.69. The third-order valence-electron chi connectivity index (χ3n) is 4.26. The predicted molar refractivity (Wildman–Crippen MR) is 93.4 cm³/mol. The molecule has 0 unspecified atom stereocenters. The number of phenols is 2. The number of rotatable bonds is 5. The lowest BCUT2D eigenvalue weighted by Crippen LogP contribution is -2.18. The molecule has 1 aliphatic rings. The van der Waals surface area contributed by atoms with Gasteiger partial charge in [0.15, 0.2) is 11.5 Å². The van der Waals surface area contributed by atoms with Gasteiger partial charge >= 0.3 is 0 Å². The van der Waals surface area contributed by atoms with Crippen LogP contribution < -0.4 is 5.73 Å². The second-order valence-corrected chi connectivity index (χ2v) is 6.32. The van der Waals surface area contributed by atoms with Crippen molar-refractivity contribution >= 4 is 11.3 Å². The highest BCUT2D eigenvalue weighted by atomic mass is 16.7. The second-order valence-electron chi connectivity index (χ2n) is 6.32. The smallest absolute Gasteiger partial charge is 0.168 e. The topological polar surface area (TPSA) is 105 Å². The van der Waals surface area contributed by atoms with E-state index in [0.29, 0.717) is 35.9 Å². The minimum Gasteiger partial charge on any atom is -0.508 e. The van der Waals surface area contributed by atoms with Gasteiger partial charge < -0.3 is 25.3 Å². The third-order valence-corrected chi connectivity index (χ3v) is 4.26. The number of benzene rings is 1. The van der Waals surface area contributed by atoms with Crippen LogP contribution in [0.5, 0.6) is 11.5 Å². The highest BCUT2D eigenvalue weighted by Crippen LogP contribution is 2.41. The monoisotopic (exact) mass is 345 g/mol. The van der Waals surface area contributed by atoms with Crippen LogP contribution in [0.1, 0.15) is 49.3 Å². The molecule has 1 aromatic carbocycles. The van der Waals surface area contributed by atoms with Crippen molar-refractivity contribution in [1.29, 1.82) is 0 Å². The molecular weight excluding hydrogens is 322 g/mol. The lowest BCUT2D eigenvalue weighted by atomic mass is 9.96. The van der Waals surface area contributed by atoms with Gasteiger partial charge in [-0.25, -0.2) is 0 Å². The molecule has 0 fully saturated rings. The Balaban J connectivity index is 2.13. The predicted octanol–water partition coefficient (Wildman–Crippen LogP) is 2.80. The first kappa shape index (κ1) is 17.3. The maximum absolute atomic E-state index is 10.4. The van der Waals surface area contributed by atoms with E-state index in [2.05, 4.69) is 5.16 Å². The van der Waals surface area contributed by atoms with E-state index in [0.717, 1.165) is 11.1 Å². The molecule has 7 nitrogen and oxygen atoms in total. The molecule has 134 valence electrons. The van der Waals surface area contributed by atoms with E-state index in [1.807, 2.05) is 20.8 Å². The molecule has 0 saturated heterocycles. The lowest BCUT2D eigenvalue weighted by molar-refractivity contribution is -0.0557. The van der Waals surface area contributed by atoms with E-state index in [4.69, 9.17) is 15.1 Å². The van der Waals surface area contributed by atoms with Gasteiger partial charge in [0, 0.05) is 25.2 Å². The highest BCUT2D eigenvalue weighted by molar-refractivity contribution is 5.90. The average Bonchev–Trinajstić information content (AvgIpc) is 3.20. The fraction of sp³-hybridized carbons (Fsp3) is 0.389. The van der Waals surface area contributed by atoms with Crippen LogP contribution in [0.2, 0.25) is 0 Å². The van der Waals surface area contributed by atoms with E-state index in [-0.39, 0.29) is 24.0 Å². The van der Waals surface area contributed by atoms with Crippen LogP contribution in [0.25, 0.3) is 11.3 Å². The number of hydrogen-bond donors (Lipinski definition) is 3. The highest BCUT2D eigenvalue weighted by Gasteiger charge is 2.30. The number of nitrogens with zero attached hydrogens (tertiary/aromatic N) is 2. The van der Waals surface area contributed by atoms with E-state index in [1.54, 1.807) is 17.2 Å². The van der Waals surface area contributed by atoms with Crippen LogP contribution in [0.4, 0.5) is 0 Å². The maximum Gasteiger partial charge on any atom is 0.168 e. The number of hydrogen-bond acceptors (Lipinski definition) is 7. The number of aromatic nitrogens is 1. The van der Waals surface area contributed by atoms with Crippen molar-refractivity contribution in [3.05, 3.63) is 40.8 Å². The molecule has 25 heavy (non-hydrogen) atoms. The summed E-state index contributed by atoms with van der Waals surface area (Å²) in [4.78, 5) is 5.91. The summed E-state index contributed by atoms with van der Waals surface area (Å²) in [5, 5.41) is 26.1. The zero-order valence-corrected chi connectivity index (χ0v) is 14.6. The van der Waals surface area contributed by atoms with Crippen LogP contribution in [-0.2, 0) is 11.4 Å². The lowest BCUT2D eigenvalue weighted by Gasteiger charge is -2.16. The number of nitrogens with two attached hydrogens (primary N) is 1. The van der Waals surface area contributed by atoms with Gasteiger partial charge in [-0.3, -0.25) is 0 Å². The largest absolute Gasteiger partial charge is 0.508 e. The summed E-state index contributed by atoms with van der Waals surface area (Å²) in [6, 6.07) is 4.88. The third kappa shape index (κ3) is 3.20. The standard InChI is InChI=1S/C18H23N3O4/c1-4-21-9-14(17-5-11(8-19)20-24-17)18(25-21)13-6-12(10(2)3)15(22)7-16(13)23/h5-7,10,22-23H,4,8-9,19H2,1-3H3. The van der Waals surface area contributed by atoms with Crippen LogP contribution in [0, 0.1) is 0 Å². The molecule has 0 atom stereocenters. The minimum atomic E-state index is -0.0501. The van der Waals surface area contributed by atoms with Gasteiger partial charge in [0.05, 0.1) is 23.4 Å². The summed E-state index contributed by atoms with van der Waals surface area (Å²) in [5.74, 6) is 1.17. The summed E-state index contributed by atoms with van der Waals surface area (Å²) in [6.07, 6.45) is 0. The fourth-order valence-corrected chi connectivity index (χ4v) is 2.83. The quantitative estimate of drug-likeness (QED) is 0.765. The van der Waals surface area contributed by atoms with Gasteiger partial charge in [-0.2, -0.15) is 0 Å². The molecule has 0 amide bonds. The Morgan fingerprint density at radius 1 is 1.24 bits per heavy atom. The van der Waals surface area contributed by atoms with Crippen LogP contribution >= 0.6 is 0 Å². The van der Waals surface area contributed by atoms with Gasteiger partial charge in [-0.1, -0.05) is 19.0 Å². The number of likely N-dealkylation sites (N-methyl/N-ethyl adjacent to an activating group) is 1. The minimum absolute atomic E-state index is 0.0501. The first-order chi connectivity index (χ1) is 11.9. The van der Waals surface area contributed by atoms with Crippen LogP contribution in [-0.4, -0.2) is 33.5 Å². The van der Waals surface area contributed by atoms with E-state index < -0.39 is 0 Å².